The van der Waals surface area contributed by atoms with Crippen molar-refractivity contribution in [3.63, 3.8) is 0 Å². The van der Waals surface area contributed by atoms with Crippen LogP contribution in [0.15, 0.2) is 23.5 Å². The molecule has 0 saturated heterocycles. The number of allylic oxidation sites excluding steroid dienone is 4. The molecule has 0 amide bonds. The zero-order chi connectivity index (χ0) is 20.9. The van der Waals surface area contributed by atoms with Crippen molar-refractivity contribution >= 4 is 5.97 Å². The van der Waals surface area contributed by atoms with Gasteiger partial charge in [-0.15, -0.1) is 6.42 Å². The smallest absolute Gasteiger partial charge is 0.304 e. The first kappa shape index (κ1) is 20.2. The molecule has 3 saturated carbocycles. The molecule has 0 aromatic carbocycles. The molecule has 0 heterocycles. The third kappa shape index (κ3) is 3.05. The lowest BCUT2D eigenvalue weighted by Gasteiger charge is -2.54. The fourth-order valence-corrected chi connectivity index (χ4v) is 7.92. The number of ether oxygens (including phenoxy) is 2. The van der Waals surface area contributed by atoms with Crippen LogP contribution in [0.2, 0.25) is 0 Å². The van der Waals surface area contributed by atoms with E-state index in [1.807, 2.05) is 0 Å². The second kappa shape index (κ2) is 7.47. The van der Waals surface area contributed by atoms with Gasteiger partial charge in [-0.05, 0) is 99.5 Å². The summed E-state index contributed by atoms with van der Waals surface area (Å²) >= 11 is 0. The van der Waals surface area contributed by atoms with Crippen molar-refractivity contribution in [3.05, 3.63) is 23.5 Å². The molecule has 0 unspecified atom stereocenters. The van der Waals surface area contributed by atoms with Gasteiger partial charge < -0.3 is 9.47 Å². The molecule has 0 spiro atoms. The molecule has 3 heteroatoms. The molecule has 5 aliphatic rings. The van der Waals surface area contributed by atoms with Gasteiger partial charge in [0.1, 0.15) is 0 Å². The van der Waals surface area contributed by atoms with E-state index in [1.54, 1.807) is 0 Å². The number of rotatable bonds is 3. The molecule has 3 nitrogen and oxygen atoms in total. The zero-order valence-corrected chi connectivity index (χ0v) is 18.6. The van der Waals surface area contributed by atoms with Gasteiger partial charge in [0, 0.05) is 18.8 Å². The molecule has 0 radical (unpaired) electrons. The summed E-state index contributed by atoms with van der Waals surface area (Å²) in [5.41, 5.74) is 0.717. The molecule has 162 valence electrons. The van der Waals surface area contributed by atoms with Gasteiger partial charge in [0.2, 0.25) is 0 Å². The highest BCUT2D eigenvalue weighted by atomic mass is 16.6. The lowest BCUT2D eigenvalue weighted by molar-refractivity contribution is -0.167. The Morgan fingerprint density at radius 2 is 1.93 bits per heavy atom. The SMILES string of the molecule is C#C[C@@]1(OC(C)=O)CC[C@H]2[C@@H]3CC=C4C=C(OC5CCCC5)CC[C@@H]4[C@H]3CC[C@@]21C. The predicted octanol–water partition coefficient (Wildman–Crippen LogP) is 5.95. The first-order chi connectivity index (χ1) is 14.5. The molecule has 3 fully saturated rings. The summed E-state index contributed by atoms with van der Waals surface area (Å²) in [7, 11) is 0. The van der Waals surface area contributed by atoms with Crippen LogP contribution in [0.4, 0.5) is 0 Å². The van der Waals surface area contributed by atoms with Gasteiger partial charge in [-0.3, -0.25) is 4.79 Å². The van der Waals surface area contributed by atoms with E-state index in [0.29, 0.717) is 23.9 Å². The number of fused-ring (bicyclic) bond motifs is 5. The van der Waals surface area contributed by atoms with Crippen molar-refractivity contribution in [1.29, 1.82) is 0 Å². The zero-order valence-electron chi connectivity index (χ0n) is 18.6. The Morgan fingerprint density at radius 3 is 2.67 bits per heavy atom. The summed E-state index contributed by atoms with van der Waals surface area (Å²) in [5.74, 6) is 6.55. The summed E-state index contributed by atoms with van der Waals surface area (Å²) in [6.45, 7) is 3.80. The maximum atomic E-state index is 11.9. The third-order valence-electron chi connectivity index (χ3n) is 9.38. The van der Waals surface area contributed by atoms with Crippen molar-refractivity contribution in [2.24, 2.45) is 29.1 Å². The van der Waals surface area contributed by atoms with Crippen LogP contribution < -0.4 is 0 Å². The van der Waals surface area contributed by atoms with Crippen molar-refractivity contribution in [1.82, 2.24) is 0 Å². The van der Waals surface area contributed by atoms with E-state index in [0.717, 1.165) is 38.0 Å². The van der Waals surface area contributed by atoms with Gasteiger partial charge in [0.05, 0.1) is 11.9 Å². The van der Waals surface area contributed by atoms with Gasteiger partial charge in [0.25, 0.3) is 0 Å². The summed E-state index contributed by atoms with van der Waals surface area (Å²) in [6, 6.07) is 0. The van der Waals surface area contributed by atoms with E-state index in [9.17, 15) is 4.79 Å². The molecule has 6 atom stereocenters. The van der Waals surface area contributed by atoms with E-state index in [-0.39, 0.29) is 11.4 Å². The molecule has 0 aliphatic heterocycles. The van der Waals surface area contributed by atoms with Crippen molar-refractivity contribution in [2.45, 2.75) is 96.2 Å². The lowest BCUT2D eigenvalue weighted by Crippen LogP contribution is -2.53. The topological polar surface area (TPSA) is 35.5 Å². The second-order valence-corrected chi connectivity index (χ2v) is 10.7. The molecule has 0 N–H and O–H groups in total. The van der Waals surface area contributed by atoms with Crippen LogP contribution >= 0.6 is 0 Å². The molecule has 5 rings (SSSR count). The monoisotopic (exact) mass is 408 g/mol. The van der Waals surface area contributed by atoms with E-state index in [2.05, 4.69) is 25.0 Å². The standard InChI is InChI=1S/C27H36O3/c1-4-27(30-18(2)28)16-14-25-24-11-9-19-17-21(29-20-7-5-6-8-20)10-12-22(19)23(24)13-15-26(25,27)3/h1,9,17,20,22-25H,5-8,10-16H2,2-3H3/t22-,23+,24+,25-,26-,27+/m0/s1. The predicted molar refractivity (Wildman–Crippen MR) is 117 cm³/mol. The van der Waals surface area contributed by atoms with Crippen molar-refractivity contribution in [2.75, 3.05) is 0 Å². The van der Waals surface area contributed by atoms with Crippen molar-refractivity contribution in [3.8, 4) is 12.3 Å². The molecule has 30 heavy (non-hydrogen) atoms. The van der Waals surface area contributed by atoms with E-state index in [4.69, 9.17) is 15.9 Å². The lowest BCUT2D eigenvalue weighted by atomic mass is 9.51. The van der Waals surface area contributed by atoms with Crippen LogP contribution in [0.3, 0.4) is 0 Å². The number of esters is 1. The van der Waals surface area contributed by atoms with Crippen LogP contribution in [0.1, 0.15) is 84.5 Å². The Kier molecular flexibility index (Phi) is 5.04. The largest absolute Gasteiger partial charge is 0.495 e. The quantitative estimate of drug-likeness (QED) is 0.428. The summed E-state index contributed by atoms with van der Waals surface area (Å²) in [5, 5.41) is 0. The van der Waals surface area contributed by atoms with Gasteiger partial charge in [-0.1, -0.05) is 18.9 Å². The van der Waals surface area contributed by atoms with Gasteiger partial charge in [-0.25, -0.2) is 0 Å². The van der Waals surface area contributed by atoms with Gasteiger partial charge >= 0.3 is 5.97 Å². The average Bonchev–Trinajstić information content (AvgIpc) is 3.33. The highest BCUT2D eigenvalue weighted by molar-refractivity contribution is 5.67. The number of hydrogen-bond acceptors (Lipinski definition) is 3. The minimum atomic E-state index is -0.715. The normalized spacial score (nSPS) is 42.8. The van der Waals surface area contributed by atoms with Crippen LogP contribution in [0, 0.1) is 41.4 Å². The van der Waals surface area contributed by atoms with E-state index < -0.39 is 5.60 Å². The first-order valence-electron chi connectivity index (χ1n) is 12.2. The van der Waals surface area contributed by atoms with Crippen LogP contribution in [-0.2, 0) is 14.3 Å². The average molecular weight is 409 g/mol. The highest BCUT2D eigenvalue weighted by Crippen LogP contribution is 2.65. The van der Waals surface area contributed by atoms with Crippen LogP contribution in [-0.4, -0.2) is 17.7 Å². The summed E-state index contributed by atoms with van der Waals surface area (Å²) in [6.07, 6.45) is 24.0. The molecular weight excluding hydrogens is 372 g/mol. The maximum absolute atomic E-state index is 11.9. The Morgan fingerprint density at radius 1 is 1.13 bits per heavy atom. The number of hydrogen-bond donors (Lipinski definition) is 0. The van der Waals surface area contributed by atoms with E-state index in [1.165, 1.54) is 56.8 Å². The molecule has 5 aliphatic carbocycles. The number of carbonyl (C=O) groups is 1. The fourth-order valence-electron chi connectivity index (χ4n) is 7.92. The van der Waals surface area contributed by atoms with Gasteiger partial charge in [-0.2, -0.15) is 0 Å². The summed E-state index contributed by atoms with van der Waals surface area (Å²) < 4.78 is 12.2. The number of terminal acetylenes is 1. The third-order valence-corrected chi connectivity index (χ3v) is 9.38. The Labute approximate surface area is 181 Å². The van der Waals surface area contributed by atoms with E-state index >= 15 is 0 Å². The van der Waals surface area contributed by atoms with Crippen LogP contribution in [0.5, 0.6) is 0 Å². The molecule has 0 bridgehead atoms. The second-order valence-electron chi connectivity index (χ2n) is 10.7. The maximum Gasteiger partial charge on any atom is 0.304 e. The highest BCUT2D eigenvalue weighted by Gasteiger charge is 2.64. The summed E-state index contributed by atoms with van der Waals surface area (Å²) in [4.78, 5) is 11.9. The molecule has 0 aromatic heterocycles. The van der Waals surface area contributed by atoms with Gasteiger partial charge in [0.15, 0.2) is 5.60 Å². The fraction of sp³-hybridized carbons (Fsp3) is 0.741. The first-order valence-corrected chi connectivity index (χ1v) is 12.2. The Balaban J connectivity index is 1.36. The van der Waals surface area contributed by atoms with Crippen molar-refractivity contribution < 1.29 is 14.3 Å². The van der Waals surface area contributed by atoms with Crippen LogP contribution in [0.25, 0.3) is 0 Å². The number of carbonyl (C=O) groups excluding carboxylic acids is 1. The minimum absolute atomic E-state index is 0.0961. The molecule has 0 aromatic rings. The Bertz CT molecular complexity index is 810. The molecular formula is C27H36O3. The Hall–Kier alpha value is -1.69. The minimum Gasteiger partial charge on any atom is -0.495 e.